The highest BCUT2D eigenvalue weighted by atomic mass is 35.5. The molecular weight excluding hydrogens is 326 g/mol. The summed E-state index contributed by atoms with van der Waals surface area (Å²) in [6, 6.07) is 5.71. The maximum Gasteiger partial charge on any atom is 0.253 e. The van der Waals surface area contributed by atoms with Crippen molar-refractivity contribution >= 4 is 29.9 Å². The zero-order valence-electron chi connectivity index (χ0n) is 14.9. The molecule has 24 heavy (non-hydrogen) atoms. The zero-order chi connectivity index (χ0) is 17.1. The number of hydrogen-bond donors (Lipinski definition) is 1. The van der Waals surface area contributed by atoms with E-state index in [1.165, 1.54) is 0 Å². The van der Waals surface area contributed by atoms with Gasteiger partial charge >= 0.3 is 0 Å². The van der Waals surface area contributed by atoms with Crippen molar-refractivity contribution in [2.75, 3.05) is 25.0 Å². The second kappa shape index (κ2) is 8.49. The molecule has 6 heteroatoms. The number of nitrogens with two attached hydrogens (primary N) is 1. The van der Waals surface area contributed by atoms with E-state index in [0.717, 1.165) is 24.1 Å². The summed E-state index contributed by atoms with van der Waals surface area (Å²) in [6.45, 7) is 7.09. The standard InChI is InChI=1S/C18H27N3O2.ClH/c1-12(2)16(19)8-9-20(4)18(23)15-5-6-17-14(11-15)7-10-21(17)13(3)22;/h5-6,11-12,16H,7-10,19H2,1-4H3;1H. The van der Waals surface area contributed by atoms with Gasteiger partial charge in [-0.05, 0) is 42.5 Å². The molecule has 0 radical (unpaired) electrons. The molecule has 1 aliphatic heterocycles. The zero-order valence-corrected chi connectivity index (χ0v) is 15.7. The first-order valence-corrected chi connectivity index (χ1v) is 8.23. The van der Waals surface area contributed by atoms with Gasteiger partial charge in [0.15, 0.2) is 0 Å². The summed E-state index contributed by atoms with van der Waals surface area (Å²) in [5, 5.41) is 0. The van der Waals surface area contributed by atoms with Gasteiger partial charge in [0.2, 0.25) is 5.91 Å². The van der Waals surface area contributed by atoms with Crippen LogP contribution in [0.4, 0.5) is 5.69 Å². The first kappa shape index (κ1) is 20.5. The Morgan fingerprint density at radius 2 is 2.00 bits per heavy atom. The first-order chi connectivity index (χ1) is 10.8. The van der Waals surface area contributed by atoms with Crippen LogP contribution in [0.2, 0.25) is 0 Å². The van der Waals surface area contributed by atoms with Crippen LogP contribution in [0.1, 0.15) is 43.1 Å². The molecule has 0 fully saturated rings. The number of nitrogens with zero attached hydrogens (tertiary/aromatic N) is 2. The van der Waals surface area contributed by atoms with Crippen molar-refractivity contribution in [1.29, 1.82) is 0 Å². The van der Waals surface area contributed by atoms with Crippen LogP contribution in [0, 0.1) is 5.92 Å². The number of halogens is 1. The molecule has 134 valence electrons. The lowest BCUT2D eigenvalue weighted by molar-refractivity contribution is -0.116. The molecule has 0 aromatic heterocycles. The van der Waals surface area contributed by atoms with Gasteiger partial charge in [0, 0.05) is 44.4 Å². The van der Waals surface area contributed by atoms with Crippen LogP contribution in [0.5, 0.6) is 0 Å². The summed E-state index contributed by atoms with van der Waals surface area (Å²) in [6.07, 6.45) is 1.60. The minimum atomic E-state index is 0. The normalized spacial score (nSPS) is 14.2. The monoisotopic (exact) mass is 353 g/mol. The number of carbonyl (C=O) groups is 2. The molecule has 0 saturated heterocycles. The van der Waals surface area contributed by atoms with Crippen LogP contribution in [-0.4, -0.2) is 42.9 Å². The van der Waals surface area contributed by atoms with E-state index in [0.29, 0.717) is 24.6 Å². The third kappa shape index (κ3) is 4.48. The first-order valence-electron chi connectivity index (χ1n) is 8.23. The number of amides is 2. The van der Waals surface area contributed by atoms with E-state index in [2.05, 4.69) is 13.8 Å². The SMILES string of the molecule is CC(=O)N1CCc2cc(C(=O)N(C)CCC(N)C(C)C)ccc21.Cl. The molecule has 1 aromatic carbocycles. The highest BCUT2D eigenvalue weighted by molar-refractivity contribution is 5.97. The van der Waals surface area contributed by atoms with E-state index in [1.54, 1.807) is 22.8 Å². The third-order valence-corrected chi connectivity index (χ3v) is 4.60. The molecule has 1 aromatic rings. The second-order valence-electron chi connectivity index (χ2n) is 6.69. The van der Waals surface area contributed by atoms with Gasteiger partial charge in [0.25, 0.3) is 5.91 Å². The smallest absolute Gasteiger partial charge is 0.253 e. The molecule has 5 nitrogen and oxygen atoms in total. The summed E-state index contributed by atoms with van der Waals surface area (Å²) in [7, 11) is 1.81. The van der Waals surface area contributed by atoms with Crippen molar-refractivity contribution in [3.63, 3.8) is 0 Å². The minimum absolute atomic E-state index is 0. The van der Waals surface area contributed by atoms with Crippen LogP contribution >= 0.6 is 12.4 Å². The second-order valence-corrected chi connectivity index (χ2v) is 6.69. The average molecular weight is 354 g/mol. The van der Waals surface area contributed by atoms with Crippen molar-refractivity contribution in [3.8, 4) is 0 Å². The Morgan fingerprint density at radius 3 is 2.58 bits per heavy atom. The molecule has 0 bridgehead atoms. The van der Waals surface area contributed by atoms with E-state index in [-0.39, 0.29) is 30.3 Å². The van der Waals surface area contributed by atoms with Crippen molar-refractivity contribution < 1.29 is 9.59 Å². The molecule has 2 amide bonds. The molecular formula is C18H28ClN3O2. The number of carbonyl (C=O) groups excluding carboxylic acids is 2. The molecule has 0 spiro atoms. The molecule has 1 unspecified atom stereocenters. The summed E-state index contributed by atoms with van der Waals surface area (Å²) in [5.41, 5.74) is 8.72. The Balaban J connectivity index is 0.00000288. The number of hydrogen-bond acceptors (Lipinski definition) is 3. The predicted octanol–water partition coefficient (Wildman–Crippen LogP) is 2.46. The number of benzene rings is 1. The van der Waals surface area contributed by atoms with Gasteiger partial charge < -0.3 is 15.5 Å². The molecule has 1 aliphatic rings. The van der Waals surface area contributed by atoms with E-state index >= 15 is 0 Å². The fourth-order valence-electron chi connectivity index (χ4n) is 2.86. The van der Waals surface area contributed by atoms with E-state index in [4.69, 9.17) is 5.73 Å². The molecule has 2 rings (SSSR count). The lowest BCUT2D eigenvalue weighted by Crippen LogP contribution is -2.34. The number of rotatable bonds is 5. The Labute approximate surface area is 150 Å². The van der Waals surface area contributed by atoms with Crippen molar-refractivity contribution in [1.82, 2.24) is 4.90 Å². The highest BCUT2D eigenvalue weighted by Crippen LogP contribution is 2.29. The Kier molecular flexibility index (Phi) is 7.24. The van der Waals surface area contributed by atoms with Crippen LogP contribution in [-0.2, 0) is 11.2 Å². The van der Waals surface area contributed by atoms with Crippen molar-refractivity contribution in [2.45, 2.75) is 39.7 Å². The van der Waals surface area contributed by atoms with E-state index < -0.39 is 0 Å². The Bertz CT molecular complexity index is 604. The maximum atomic E-state index is 12.5. The average Bonchev–Trinajstić information content (AvgIpc) is 2.94. The summed E-state index contributed by atoms with van der Waals surface area (Å²) in [4.78, 5) is 27.6. The topological polar surface area (TPSA) is 66.6 Å². The fraction of sp³-hybridized carbons (Fsp3) is 0.556. The number of anilines is 1. The van der Waals surface area contributed by atoms with Gasteiger partial charge in [-0.1, -0.05) is 13.8 Å². The van der Waals surface area contributed by atoms with Gasteiger partial charge in [-0.3, -0.25) is 9.59 Å². The van der Waals surface area contributed by atoms with Crippen LogP contribution in [0.15, 0.2) is 18.2 Å². The maximum absolute atomic E-state index is 12.5. The largest absolute Gasteiger partial charge is 0.342 e. The fourth-order valence-corrected chi connectivity index (χ4v) is 2.86. The van der Waals surface area contributed by atoms with E-state index in [9.17, 15) is 9.59 Å². The van der Waals surface area contributed by atoms with Gasteiger partial charge in [0.1, 0.15) is 0 Å². The summed E-state index contributed by atoms with van der Waals surface area (Å²) >= 11 is 0. The Hall–Kier alpha value is -1.59. The van der Waals surface area contributed by atoms with Gasteiger partial charge in [-0.2, -0.15) is 0 Å². The highest BCUT2D eigenvalue weighted by Gasteiger charge is 2.24. The van der Waals surface area contributed by atoms with E-state index in [1.807, 2.05) is 19.2 Å². The van der Waals surface area contributed by atoms with Crippen LogP contribution < -0.4 is 10.6 Å². The molecule has 1 heterocycles. The van der Waals surface area contributed by atoms with Gasteiger partial charge in [0.05, 0.1) is 0 Å². The molecule has 2 N–H and O–H groups in total. The minimum Gasteiger partial charge on any atom is -0.342 e. The van der Waals surface area contributed by atoms with Crippen molar-refractivity contribution in [2.24, 2.45) is 11.7 Å². The van der Waals surface area contributed by atoms with Gasteiger partial charge in [-0.15, -0.1) is 12.4 Å². The molecule has 0 aliphatic carbocycles. The quantitative estimate of drug-likeness (QED) is 0.884. The third-order valence-electron chi connectivity index (χ3n) is 4.60. The lowest BCUT2D eigenvalue weighted by Gasteiger charge is -2.22. The predicted molar refractivity (Wildman–Crippen MR) is 99.8 cm³/mol. The summed E-state index contributed by atoms with van der Waals surface area (Å²) in [5.74, 6) is 0.462. The molecule has 1 atom stereocenters. The van der Waals surface area contributed by atoms with Crippen molar-refractivity contribution in [3.05, 3.63) is 29.3 Å². The summed E-state index contributed by atoms with van der Waals surface area (Å²) < 4.78 is 0. The Morgan fingerprint density at radius 1 is 1.33 bits per heavy atom. The van der Waals surface area contributed by atoms with Gasteiger partial charge in [-0.25, -0.2) is 0 Å². The van der Waals surface area contributed by atoms with Crippen LogP contribution in [0.25, 0.3) is 0 Å². The molecule has 0 saturated carbocycles. The van der Waals surface area contributed by atoms with Crippen LogP contribution in [0.3, 0.4) is 0 Å². The lowest BCUT2D eigenvalue weighted by atomic mass is 10.0. The number of fused-ring (bicyclic) bond motifs is 1.